The molecule has 1 saturated carbocycles. The Morgan fingerprint density at radius 2 is 2.09 bits per heavy atom. The topological polar surface area (TPSA) is 75.3 Å². The van der Waals surface area contributed by atoms with E-state index >= 15 is 0 Å². The normalized spacial score (nSPS) is 18.4. The Kier molecular flexibility index (Phi) is 7.34. The zero-order chi connectivity index (χ0) is 16.7. The van der Waals surface area contributed by atoms with Crippen LogP contribution in [0.1, 0.15) is 44.1 Å². The minimum Gasteiger partial charge on any atom is -0.382 e. The summed E-state index contributed by atoms with van der Waals surface area (Å²) in [6.45, 7) is 0.465. The summed E-state index contributed by atoms with van der Waals surface area (Å²) >= 11 is 5.93. The highest BCUT2D eigenvalue weighted by atomic mass is 35.5. The van der Waals surface area contributed by atoms with Gasteiger partial charge in [-0.1, -0.05) is 55.8 Å². The van der Waals surface area contributed by atoms with Gasteiger partial charge in [0.1, 0.15) is 6.10 Å². The lowest BCUT2D eigenvalue weighted by Gasteiger charge is -2.26. The molecule has 0 heterocycles. The van der Waals surface area contributed by atoms with Crippen LogP contribution in [0.2, 0.25) is 5.02 Å². The molecule has 0 bridgehead atoms. The molecule has 1 amide bonds. The van der Waals surface area contributed by atoms with E-state index in [4.69, 9.17) is 17.3 Å². The van der Waals surface area contributed by atoms with Gasteiger partial charge >= 0.3 is 0 Å². The molecule has 1 aromatic rings. The fraction of sp³-hybridized carbons (Fsp3) is 0.611. The Hall–Kier alpha value is -1.10. The van der Waals surface area contributed by atoms with Gasteiger partial charge in [0.05, 0.1) is 0 Å². The number of hydrogen-bond acceptors (Lipinski definition) is 3. The smallest absolute Gasteiger partial charge is 0.250 e. The summed E-state index contributed by atoms with van der Waals surface area (Å²) in [6, 6.07) is 7.05. The van der Waals surface area contributed by atoms with Crippen molar-refractivity contribution in [2.75, 3.05) is 6.54 Å². The van der Waals surface area contributed by atoms with Crippen molar-refractivity contribution < 1.29 is 9.90 Å². The summed E-state index contributed by atoms with van der Waals surface area (Å²) in [7, 11) is 0. The highest BCUT2D eigenvalue weighted by molar-refractivity contribution is 6.30. The maximum atomic E-state index is 12.0. The molecule has 128 valence electrons. The molecule has 0 aliphatic heterocycles. The van der Waals surface area contributed by atoms with Gasteiger partial charge in [-0.05, 0) is 36.5 Å². The first-order valence-corrected chi connectivity index (χ1v) is 8.90. The molecule has 1 unspecified atom stereocenters. The van der Waals surface area contributed by atoms with E-state index in [9.17, 15) is 9.90 Å². The van der Waals surface area contributed by atoms with E-state index in [0.29, 0.717) is 23.9 Å². The Balaban J connectivity index is 1.71. The van der Waals surface area contributed by atoms with Gasteiger partial charge < -0.3 is 16.2 Å². The Morgan fingerprint density at radius 3 is 2.78 bits per heavy atom. The molecule has 0 saturated heterocycles. The molecule has 2 rings (SSSR count). The number of carbonyl (C=O) groups is 1. The molecular weight excluding hydrogens is 312 g/mol. The first kappa shape index (κ1) is 18.2. The van der Waals surface area contributed by atoms with Crippen molar-refractivity contribution in [2.24, 2.45) is 11.7 Å². The Bertz CT molecular complexity index is 504. The van der Waals surface area contributed by atoms with Crippen molar-refractivity contribution in [1.29, 1.82) is 0 Å². The second-order valence-corrected chi connectivity index (χ2v) is 6.96. The summed E-state index contributed by atoms with van der Waals surface area (Å²) in [4.78, 5) is 12.0. The number of carbonyl (C=O) groups excluding carboxylic acids is 1. The van der Waals surface area contributed by atoms with E-state index in [2.05, 4.69) is 5.32 Å². The molecule has 0 aromatic heterocycles. The summed E-state index contributed by atoms with van der Waals surface area (Å²) in [5.41, 5.74) is 7.08. The molecule has 0 radical (unpaired) electrons. The van der Waals surface area contributed by atoms with Crippen LogP contribution < -0.4 is 11.1 Å². The van der Waals surface area contributed by atoms with Crippen LogP contribution in [0.3, 0.4) is 0 Å². The van der Waals surface area contributed by atoms with Crippen molar-refractivity contribution in [3.63, 3.8) is 0 Å². The number of benzene rings is 1. The lowest BCUT2D eigenvalue weighted by Crippen LogP contribution is -2.47. The second kappa shape index (κ2) is 9.26. The number of hydrogen-bond donors (Lipinski definition) is 3. The van der Waals surface area contributed by atoms with Crippen molar-refractivity contribution in [3.05, 3.63) is 34.9 Å². The molecule has 5 heteroatoms. The zero-order valence-electron chi connectivity index (χ0n) is 13.5. The van der Waals surface area contributed by atoms with Crippen LogP contribution in [0.4, 0.5) is 0 Å². The van der Waals surface area contributed by atoms with E-state index in [1.54, 1.807) is 0 Å². The van der Waals surface area contributed by atoms with E-state index in [0.717, 1.165) is 24.8 Å². The maximum absolute atomic E-state index is 12.0. The number of halogens is 1. The minimum absolute atomic E-state index is 0.379. The molecule has 23 heavy (non-hydrogen) atoms. The van der Waals surface area contributed by atoms with Gasteiger partial charge in [0.15, 0.2) is 0 Å². The van der Waals surface area contributed by atoms with Gasteiger partial charge in [0, 0.05) is 17.6 Å². The minimum atomic E-state index is -1.13. The quantitative estimate of drug-likeness (QED) is 0.715. The molecular formula is C18H27ClN2O2. The first-order valence-electron chi connectivity index (χ1n) is 8.52. The third kappa shape index (κ3) is 6.13. The van der Waals surface area contributed by atoms with Gasteiger partial charge in [0.2, 0.25) is 5.91 Å². The molecule has 1 aliphatic carbocycles. The first-order chi connectivity index (χ1) is 11.1. The fourth-order valence-corrected chi connectivity index (χ4v) is 3.47. The lowest BCUT2D eigenvalue weighted by molar-refractivity contribution is -0.130. The van der Waals surface area contributed by atoms with Gasteiger partial charge in [-0.2, -0.15) is 0 Å². The van der Waals surface area contributed by atoms with Gasteiger partial charge in [0.25, 0.3) is 0 Å². The van der Waals surface area contributed by atoms with Gasteiger partial charge in [-0.25, -0.2) is 0 Å². The van der Waals surface area contributed by atoms with E-state index in [-0.39, 0.29) is 5.91 Å². The SMILES string of the molecule is N[C@H](CC1CCCCC1)C(O)C(=O)NCCc1cccc(Cl)c1. The number of rotatable bonds is 7. The highest BCUT2D eigenvalue weighted by Crippen LogP contribution is 2.27. The highest BCUT2D eigenvalue weighted by Gasteiger charge is 2.26. The third-order valence-electron chi connectivity index (χ3n) is 4.61. The van der Waals surface area contributed by atoms with Gasteiger partial charge in [-0.15, -0.1) is 0 Å². The second-order valence-electron chi connectivity index (χ2n) is 6.52. The number of aliphatic hydroxyl groups is 1. The number of aliphatic hydroxyl groups excluding tert-OH is 1. The van der Waals surface area contributed by atoms with Crippen LogP contribution >= 0.6 is 11.6 Å². The molecule has 1 aliphatic rings. The van der Waals surface area contributed by atoms with Crippen LogP contribution in [0.15, 0.2) is 24.3 Å². The summed E-state index contributed by atoms with van der Waals surface area (Å²) in [5.74, 6) is 0.169. The molecule has 0 spiro atoms. The van der Waals surface area contributed by atoms with Gasteiger partial charge in [-0.3, -0.25) is 4.79 Å². The summed E-state index contributed by atoms with van der Waals surface area (Å²) < 4.78 is 0. The number of nitrogens with two attached hydrogens (primary N) is 1. The van der Waals surface area contributed by atoms with Crippen molar-refractivity contribution in [2.45, 2.75) is 57.1 Å². The monoisotopic (exact) mass is 338 g/mol. The van der Waals surface area contributed by atoms with Crippen LogP contribution in [-0.2, 0) is 11.2 Å². The third-order valence-corrected chi connectivity index (χ3v) is 4.84. The van der Waals surface area contributed by atoms with Crippen LogP contribution in [0.5, 0.6) is 0 Å². The van der Waals surface area contributed by atoms with Crippen LogP contribution in [0.25, 0.3) is 0 Å². The molecule has 4 N–H and O–H groups in total. The largest absolute Gasteiger partial charge is 0.382 e. The standard InChI is InChI=1S/C18H27ClN2O2/c19-15-8-4-7-14(11-15)9-10-21-18(23)17(22)16(20)12-13-5-2-1-3-6-13/h4,7-8,11,13,16-17,22H,1-3,5-6,9-10,12,20H2,(H,21,23)/t16-,17?/m1/s1. The Labute approximate surface area is 143 Å². The fourth-order valence-electron chi connectivity index (χ4n) is 3.26. The number of amides is 1. The maximum Gasteiger partial charge on any atom is 0.250 e. The summed E-state index contributed by atoms with van der Waals surface area (Å²) in [5, 5.41) is 13.5. The molecule has 1 fully saturated rings. The number of nitrogens with one attached hydrogen (secondary N) is 1. The molecule has 1 aromatic carbocycles. The molecule has 4 nitrogen and oxygen atoms in total. The van der Waals surface area contributed by atoms with Crippen molar-refractivity contribution in [3.8, 4) is 0 Å². The van der Waals surface area contributed by atoms with Crippen LogP contribution in [0, 0.1) is 5.92 Å². The predicted octanol–water partition coefficient (Wildman–Crippen LogP) is 2.66. The lowest BCUT2D eigenvalue weighted by atomic mass is 9.84. The Morgan fingerprint density at radius 1 is 1.35 bits per heavy atom. The average Bonchev–Trinajstić information content (AvgIpc) is 2.55. The van der Waals surface area contributed by atoms with E-state index in [1.165, 1.54) is 19.3 Å². The van der Waals surface area contributed by atoms with E-state index < -0.39 is 12.1 Å². The van der Waals surface area contributed by atoms with E-state index in [1.807, 2.05) is 24.3 Å². The van der Waals surface area contributed by atoms with Crippen molar-refractivity contribution in [1.82, 2.24) is 5.32 Å². The predicted molar refractivity (Wildman–Crippen MR) is 93.3 cm³/mol. The average molecular weight is 339 g/mol. The van der Waals surface area contributed by atoms with Crippen molar-refractivity contribution >= 4 is 17.5 Å². The summed E-state index contributed by atoms with van der Waals surface area (Å²) in [6.07, 6.45) is 6.36. The van der Waals surface area contributed by atoms with Crippen LogP contribution in [-0.4, -0.2) is 29.7 Å². The molecule has 2 atom stereocenters. The zero-order valence-corrected chi connectivity index (χ0v) is 14.3.